The Morgan fingerprint density at radius 1 is 0.731 bits per heavy atom. The number of esters is 2. The smallest absolute Gasteiger partial charge is 0.307 e. The predicted octanol–water partition coefficient (Wildman–Crippen LogP) is 2.60. The van der Waals surface area contributed by atoms with Gasteiger partial charge in [-0.1, -0.05) is 0 Å². The average Bonchev–Trinajstić information content (AvgIpc) is 3.39. The van der Waals surface area contributed by atoms with Crippen molar-refractivity contribution in [1.82, 2.24) is 9.80 Å². The monoisotopic (exact) mass is 368 g/mol. The summed E-state index contributed by atoms with van der Waals surface area (Å²) in [6.45, 7) is 13.5. The van der Waals surface area contributed by atoms with Crippen LogP contribution in [0, 0.1) is 0 Å². The van der Waals surface area contributed by atoms with E-state index in [0.717, 1.165) is 51.9 Å². The van der Waals surface area contributed by atoms with Gasteiger partial charge in [0.1, 0.15) is 0 Å². The fraction of sp³-hybridized carbons (Fsp3) is 0.900. The summed E-state index contributed by atoms with van der Waals surface area (Å²) in [6.07, 6.45) is 4.69. The third-order valence-corrected chi connectivity index (χ3v) is 5.40. The van der Waals surface area contributed by atoms with E-state index < -0.39 is 0 Å². The number of hydrogen-bond donors (Lipinski definition) is 0. The first-order chi connectivity index (χ1) is 12.2. The normalized spacial score (nSPS) is 24.8. The van der Waals surface area contributed by atoms with Gasteiger partial charge in [0.2, 0.25) is 0 Å². The summed E-state index contributed by atoms with van der Waals surface area (Å²) >= 11 is 0. The Morgan fingerprint density at radius 3 is 1.38 bits per heavy atom. The van der Waals surface area contributed by atoms with Crippen molar-refractivity contribution in [2.75, 3.05) is 39.4 Å². The van der Waals surface area contributed by atoms with Gasteiger partial charge in [0.15, 0.2) is 0 Å². The summed E-state index contributed by atoms with van der Waals surface area (Å²) in [5.74, 6) is -0.201. The van der Waals surface area contributed by atoms with E-state index in [1.54, 1.807) is 0 Å². The van der Waals surface area contributed by atoms with Crippen LogP contribution in [-0.4, -0.2) is 72.2 Å². The lowest BCUT2D eigenvalue weighted by Crippen LogP contribution is -2.16. The molecule has 2 saturated heterocycles. The first-order valence-electron chi connectivity index (χ1n) is 10.0. The molecule has 0 aliphatic carbocycles. The van der Waals surface area contributed by atoms with Crippen LogP contribution in [0.5, 0.6) is 0 Å². The molecule has 0 aromatic rings. The average molecular weight is 369 g/mol. The molecule has 0 spiro atoms. The molecule has 26 heavy (non-hydrogen) atoms. The summed E-state index contributed by atoms with van der Waals surface area (Å²) in [7, 11) is 0. The first-order valence-corrected chi connectivity index (χ1v) is 10.0. The lowest BCUT2D eigenvalue weighted by molar-refractivity contribution is -0.145. The highest BCUT2D eigenvalue weighted by Crippen LogP contribution is 2.31. The van der Waals surface area contributed by atoms with Gasteiger partial charge in [0, 0.05) is 37.3 Å². The molecule has 0 amide bonds. The molecule has 2 aliphatic rings. The molecule has 6 nitrogen and oxygen atoms in total. The number of nitrogens with zero attached hydrogens (tertiary/aromatic N) is 2. The van der Waals surface area contributed by atoms with Gasteiger partial charge in [0.05, 0.1) is 26.1 Å². The summed E-state index contributed by atoms with van der Waals surface area (Å²) in [5, 5.41) is 0. The maximum Gasteiger partial charge on any atom is 0.307 e. The van der Waals surface area contributed by atoms with Gasteiger partial charge in [-0.3, -0.25) is 19.4 Å². The summed E-state index contributed by atoms with van der Waals surface area (Å²) in [5.41, 5.74) is 0.547. The van der Waals surface area contributed by atoms with Gasteiger partial charge in [0.25, 0.3) is 0 Å². The fourth-order valence-corrected chi connectivity index (χ4v) is 3.15. The van der Waals surface area contributed by atoms with Crippen LogP contribution >= 0.6 is 0 Å². The van der Waals surface area contributed by atoms with Crippen LogP contribution < -0.4 is 0 Å². The van der Waals surface area contributed by atoms with Crippen molar-refractivity contribution in [2.45, 2.75) is 77.3 Å². The molecule has 0 radical (unpaired) electrons. The van der Waals surface area contributed by atoms with E-state index in [-0.39, 0.29) is 23.0 Å². The Labute approximate surface area is 158 Å². The van der Waals surface area contributed by atoms with E-state index in [9.17, 15) is 9.59 Å². The van der Waals surface area contributed by atoms with Crippen LogP contribution in [0.1, 0.15) is 66.2 Å². The van der Waals surface area contributed by atoms with Gasteiger partial charge in [-0.25, -0.2) is 0 Å². The predicted molar refractivity (Wildman–Crippen MR) is 101 cm³/mol. The highest BCUT2D eigenvalue weighted by Gasteiger charge is 2.42. The minimum absolute atomic E-state index is 0.101. The third-order valence-electron chi connectivity index (χ3n) is 5.40. The van der Waals surface area contributed by atoms with Crippen LogP contribution in [0.25, 0.3) is 0 Å². The lowest BCUT2D eigenvalue weighted by atomic mass is 10.2. The molecule has 2 unspecified atom stereocenters. The molecular weight excluding hydrogens is 332 g/mol. The van der Waals surface area contributed by atoms with E-state index >= 15 is 0 Å². The minimum Gasteiger partial charge on any atom is -0.466 e. The summed E-state index contributed by atoms with van der Waals surface area (Å²) in [6, 6.07) is 0. The number of carbonyl (C=O) groups excluding carboxylic acids is 2. The zero-order valence-corrected chi connectivity index (χ0v) is 17.0. The van der Waals surface area contributed by atoms with E-state index in [4.69, 9.17) is 9.47 Å². The molecule has 2 aliphatic heterocycles. The van der Waals surface area contributed by atoms with Gasteiger partial charge < -0.3 is 9.47 Å². The highest BCUT2D eigenvalue weighted by molar-refractivity contribution is 5.70. The number of unbranched alkanes of at least 4 members (excludes halogenated alkanes) is 3. The highest BCUT2D eigenvalue weighted by atomic mass is 16.5. The Hall–Kier alpha value is -1.14. The summed E-state index contributed by atoms with van der Waals surface area (Å²) in [4.78, 5) is 27.8. The molecular formula is C20H36N2O4. The second-order valence-electron chi connectivity index (χ2n) is 8.82. The quantitative estimate of drug-likeness (QED) is 0.283. The largest absolute Gasteiger partial charge is 0.466 e. The Bertz CT molecular complexity index is 446. The number of hydrogen-bond acceptors (Lipinski definition) is 6. The molecule has 6 heteroatoms. The van der Waals surface area contributed by atoms with Crippen LogP contribution in [0.15, 0.2) is 0 Å². The number of ether oxygens (including phenoxy) is 2. The van der Waals surface area contributed by atoms with Gasteiger partial charge >= 0.3 is 11.9 Å². The Kier molecular flexibility index (Phi) is 7.47. The standard InChI is InChI=1S/C20H36N2O4/c1-19(2)15-21(19)11-9-17(23)25-13-7-5-6-8-14-26-18(24)10-12-22-16-20(22,3)4/h5-16H2,1-4H3. The van der Waals surface area contributed by atoms with Crippen molar-refractivity contribution < 1.29 is 19.1 Å². The van der Waals surface area contributed by atoms with Gasteiger partial charge in [-0.05, 0) is 53.4 Å². The second kappa shape index (κ2) is 9.18. The fourth-order valence-electron chi connectivity index (χ4n) is 3.15. The van der Waals surface area contributed by atoms with E-state index in [0.29, 0.717) is 26.1 Å². The third kappa shape index (κ3) is 7.62. The molecule has 2 rings (SSSR count). The van der Waals surface area contributed by atoms with Crippen LogP contribution in [0.3, 0.4) is 0 Å². The molecule has 0 aromatic heterocycles. The number of carbonyl (C=O) groups is 2. The van der Waals surface area contributed by atoms with Crippen molar-refractivity contribution in [1.29, 1.82) is 0 Å². The van der Waals surface area contributed by atoms with E-state index in [1.165, 1.54) is 0 Å². The van der Waals surface area contributed by atoms with Crippen molar-refractivity contribution in [3.8, 4) is 0 Å². The van der Waals surface area contributed by atoms with E-state index in [2.05, 4.69) is 37.5 Å². The Morgan fingerprint density at radius 2 is 1.08 bits per heavy atom. The van der Waals surface area contributed by atoms with Crippen molar-refractivity contribution in [2.24, 2.45) is 0 Å². The van der Waals surface area contributed by atoms with Crippen molar-refractivity contribution in [3.05, 3.63) is 0 Å². The van der Waals surface area contributed by atoms with Crippen molar-refractivity contribution in [3.63, 3.8) is 0 Å². The zero-order valence-electron chi connectivity index (χ0n) is 17.0. The lowest BCUT2D eigenvalue weighted by Gasteiger charge is -2.08. The SMILES string of the molecule is CC1(C)CN1CCC(=O)OCCCCCCOC(=O)CCN1CC1(C)C. The summed E-state index contributed by atoms with van der Waals surface area (Å²) < 4.78 is 10.5. The molecule has 0 saturated carbocycles. The zero-order chi connectivity index (χ0) is 19.2. The maximum absolute atomic E-state index is 11.6. The van der Waals surface area contributed by atoms with Crippen molar-refractivity contribution >= 4 is 11.9 Å². The minimum atomic E-state index is -0.101. The van der Waals surface area contributed by atoms with Crippen LogP contribution in [-0.2, 0) is 19.1 Å². The molecule has 0 bridgehead atoms. The molecule has 0 N–H and O–H groups in total. The van der Waals surface area contributed by atoms with Crippen LogP contribution in [0.2, 0.25) is 0 Å². The molecule has 0 aromatic carbocycles. The molecule has 2 heterocycles. The molecule has 2 fully saturated rings. The van der Waals surface area contributed by atoms with E-state index in [1.807, 2.05) is 0 Å². The second-order valence-corrected chi connectivity index (χ2v) is 8.82. The molecule has 150 valence electrons. The van der Waals surface area contributed by atoms with Crippen LogP contribution in [0.4, 0.5) is 0 Å². The molecule has 2 atom stereocenters. The van der Waals surface area contributed by atoms with Gasteiger partial charge in [-0.2, -0.15) is 0 Å². The maximum atomic E-state index is 11.6. The first kappa shape index (κ1) is 21.2. The topological polar surface area (TPSA) is 58.6 Å². The number of rotatable bonds is 13. The Balaban J connectivity index is 1.32. The van der Waals surface area contributed by atoms with Gasteiger partial charge in [-0.15, -0.1) is 0 Å².